The maximum absolute atomic E-state index is 3.31. The number of benzene rings is 1. The van der Waals surface area contributed by atoms with Crippen LogP contribution in [0.25, 0.3) is 0 Å². The molecule has 0 amide bonds. The van der Waals surface area contributed by atoms with Crippen LogP contribution in [-0.4, -0.2) is 31.6 Å². The predicted molar refractivity (Wildman–Crippen MR) is 93.0 cm³/mol. The Hall–Kier alpha value is -1.02. The zero-order valence-electron chi connectivity index (χ0n) is 14.1. The third kappa shape index (κ3) is 4.74. The van der Waals surface area contributed by atoms with Gasteiger partial charge in [-0.3, -0.25) is 0 Å². The minimum Gasteiger partial charge on any atom is -0.388 e. The Balaban J connectivity index is 1.81. The zero-order chi connectivity index (χ0) is 15.1. The Labute approximate surface area is 130 Å². The van der Waals surface area contributed by atoms with E-state index in [1.165, 1.54) is 62.7 Å². The number of piperidine rings is 1. The lowest BCUT2D eigenvalue weighted by Gasteiger charge is -2.37. The normalized spacial score (nSPS) is 23.2. The number of rotatable bonds is 7. The molecule has 118 valence electrons. The Morgan fingerprint density at radius 2 is 2.00 bits per heavy atom. The molecule has 0 radical (unpaired) electrons. The fourth-order valence-corrected chi connectivity index (χ4v) is 3.69. The summed E-state index contributed by atoms with van der Waals surface area (Å²) in [5, 5.41) is 3.31. The average Bonchev–Trinajstić information content (AvgIpc) is 2.52. The topological polar surface area (TPSA) is 15.3 Å². The number of hydrogen-bond acceptors (Lipinski definition) is 2. The van der Waals surface area contributed by atoms with Crippen molar-refractivity contribution >= 4 is 5.69 Å². The highest BCUT2D eigenvalue weighted by molar-refractivity contribution is 5.50. The molecule has 2 rings (SSSR count). The van der Waals surface area contributed by atoms with Gasteiger partial charge in [-0.1, -0.05) is 38.0 Å². The van der Waals surface area contributed by atoms with Crippen molar-refractivity contribution in [2.75, 3.05) is 26.0 Å². The molecule has 21 heavy (non-hydrogen) atoms. The predicted octanol–water partition coefficient (Wildman–Crippen LogP) is 4.56. The van der Waals surface area contributed by atoms with Crippen LogP contribution in [-0.2, 0) is 6.42 Å². The molecule has 2 heteroatoms. The van der Waals surface area contributed by atoms with Gasteiger partial charge in [0.1, 0.15) is 0 Å². The van der Waals surface area contributed by atoms with Crippen molar-refractivity contribution in [3.05, 3.63) is 29.8 Å². The van der Waals surface area contributed by atoms with Crippen LogP contribution >= 0.6 is 0 Å². The quantitative estimate of drug-likeness (QED) is 0.791. The Morgan fingerprint density at radius 3 is 2.71 bits per heavy atom. The van der Waals surface area contributed by atoms with Gasteiger partial charge in [-0.2, -0.15) is 0 Å². The molecule has 0 aromatic heterocycles. The van der Waals surface area contributed by atoms with Crippen molar-refractivity contribution < 1.29 is 0 Å². The van der Waals surface area contributed by atoms with Gasteiger partial charge in [0, 0.05) is 25.3 Å². The molecule has 1 heterocycles. The molecule has 1 aromatic rings. The minimum absolute atomic E-state index is 0.771. The van der Waals surface area contributed by atoms with Gasteiger partial charge >= 0.3 is 0 Å². The summed E-state index contributed by atoms with van der Waals surface area (Å²) in [5.74, 6) is 0.941. The molecule has 0 bridgehead atoms. The summed E-state index contributed by atoms with van der Waals surface area (Å²) in [6.45, 7) is 3.60. The fourth-order valence-electron chi connectivity index (χ4n) is 3.69. The van der Waals surface area contributed by atoms with E-state index in [-0.39, 0.29) is 0 Å². The molecule has 0 saturated carbocycles. The Bertz CT molecular complexity index is 416. The number of para-hydroxylation sites is 1. The minimum atomic E-state index is 0.771. The van der Waals surface area contributed by atoms with Crippen LogP contribution in [0.1, 0.15) is 51.0 Å². The van der Waals surface area contributed by atoms with E-state index in [0.717, 1.165) is 12.0 Å². The van der Waals surface area contributed by atoms with Crippen LogP contribution < -0.4 is 5.32 Å². The molecule has 0 spiro atoms. The molecule has 1 saturated heterocycles. The third-order valence-corrected chi connectivity index (χ3v) is 5.08. The molecule has 1 aliphatic rings. The molecule has 2 atom stereocenters. The second-order valence-corrected chi connectivity index (χ2v) is 6.62. The summed E-state index contributed by atoms with van der Waals surface area (Å²) in [6.07, 6.45) is 9.45. The van der Waals surface area contributed by atoms with Crippen LogP contribution in [0.15, 0.2) is 24.3 Å². The molecular formula is C19H32N2. The molecular weight excluding hydrogens is 256 g/mol. The fraction of sp³-hybridized carbons (Fsp3) is 0.684. The standard InChI is InChI=1S/C19H32N2/c1-4-5-8-16-11-13-18(21(3)15-16)14-12-17-9-6-7-10-19(17)20-2/h6-7,9-10,16,18,20H,4-5,8,11-15H2,1-3H3. The largest absolute Gasteiger partial charge is 0.388 e. The maximum atomic E-state index is 3.31. The van der Waals surface area contributed by atoms with Crippen molar-refractivity contribution in [3.63, 3.8) is 0 Å². The van der Waals surface area contributed by atoms with E-state index in [1.54, 1.807) is 0 Å². The van der Waals surface area contributed by atoms with Gasteiger partial charge in [0.25, 0.3) is 0 Å². The smallest absolute Gasteiger partial charge is 0.0370 e. The van der Waals surface area contributed by atoms with Gasteiger partial charge in [0.15, 0.2) is 0 Å². The van der Waals surface area contributed by atoms with Crippen LogP contribution in [0.2, 0.25) is 0 Å². The Morgan fingerprint density at radius 1 is 1.19 bits per heavy atom. The summed E-state index contributed by atoms with van der Waals surface area (Å²) < 4.78 is 0. The van der Waals surface area contributed by atoms with Gasteiger partial charge in [-0.15, -0.1) is 0 Å². The third-order valence-electron chi connectivity index (χ3n) is 5.08. The number of likely N-dealkylation sites (tertiary alicyclic amines) is 1. The second kappa shape index (κ2) is 8.43. The molecule has 1 N–H and O–H groups in total. The van der Waals surface area contributed by atoms with Crippen molar-refractivity contribution in [2.24, 2.45) is 5.92 Å². The lowest BCUT2D eigenvalue weighted by molar-refractivity contribution is 0.125. The van der Waals surface area contributed by atoms with E-state index in [1.807, 2.05) is 7.05 Å². The first-order chi connectivity index (χ1) is 10.2. The number of anilines is 1. The highest BCUT2D eigenvalue weighted by Crippen LogP contribution is 2.28. The Kier molecular flexibility index (Phi) is 6.56. The van der Waals surface area contributed by atoms with Crippen molar-refractivity contribution in [1.82, 2.24) is 4.90 Å². The first kappa shape index (κ1) is 16.4. The lowest BCUT2D eigenvalue weighted by atomic mass is 9.87. The van der Waals surface area contributed by atoms with Gasteiger partial charge < -0.3 is 10.2 Å². The molecule has 1 aromatic carbocycles. The highest BCUT2D eigenvalue weighted by Gasteiger charge is 2.25. The van der Waals surface area contributed by atoms with E-state index in [9.17, 15) is 0 Å². The molecule has 1 aliphatic heterocycles. The van der Waals surface area contributed by atoms with Gasteiger partial charge in [-0.05, 0) is 56.7 Å². The summed E-state index contributed by atoms with van der Waals surface area (Å²) >= 11 is 0. The second-order valence-electron chi connectivity index (χ2n) is 6.62. The first-order valence-corrected chi connectivity index (χ1v) is 8.70. The van der Waals surface area contributed by atoms with E-state index >= 15 is 0 Å². The highest BCUT2D eigenvalue weighted by atomic mass is 15.1. The molecule has 2 nitrogen and oxygen atoms in total. The number of hydrogen-bond donors (Lipinski definition) is 1. The van der Waals surface area contributed by atoms with Gasteiger partial charge in [-0.25, -0.2) is 0 Å². The van der Waals surface area contributed by atoms with Crippen molar-refractivity contribution in [3.8, 4) is 0 Å². The lowest BCUT2D eigenvalue weighted by Crippen LogP contribution is -2.40. The first-order valence-electron chi connectivity index (χ1n) is 8.70. The van der Waals surface area contributed by atoms with Crippen LogP contribution in [0.5, 0.6) is 0 Å². The SMILES string of the molecule is CCCCC1CCC(CCc2ccccc2NC)N(C)C1. The molecule has 0 aliphatic carbocycles. The van der Waals surface area contributed by atoms with E-state index in [0.29, 0.717) is 0 Å². The van der Waals surface area contributed by atoms with E-state index < -0.39 is 0 Å². The summed E-state index contributed by atoms with van der Waals surface area (Å²) in [4.78, 5) is 2.62. The maximum Gasteiger partial charge on any atom is 0.0370 e. The summed E-state index contributed by atoms with van der Waals surface area (Å²) in [5.41, 5.74) is 2.75. The van der Waals surface area contributed by atoms with Crippen molar-refractivity contribution in [1.29, 1.82) is 0 Å². The summed E-state index contributed by atoms with van der Waals surface area (Å²) in [7, 11) is 4.34. The average molecular weight is 288 g/mol. The zero-order valence-corrected chi connectivity index (χ0v) is 14.1. The number of nitrogens with zero attached hydrogens (tertiary/aromatic N) is 1. The van der Waals surface area contributed by atoms with Gasteiger partial charge in [0.05, 0.1) is 0 Å². The monoisotopic (exact) mass is 288 g/mol. The number of aryl methyl sites for hydroxylation is 1. The molecule has 2 unspecified atom stereocenters. The molecule has 1 fully saturated rings. The van der Waals surface area contributed by atoms with Crippen molar-refractivity contribution in [2.45, 2.75) is 57.9 Å². The van der Waals surface area contributed by atoms with Crippen LogP contribution in [0, 0.1) is 5.92 Å². The van der Waals surface area contributed by atoms with E-state index in [4.69, 9.17) is 0 Å². The van der Waals surface area contributed by atoms with Gasteiger partial charge in [0.2, 0.25) is 0 Å². The number of nitrogens with one attached hydrogen (secondary N) is 1. The van der Waals surface area contributed by atoms with Crippen LogP contribution in [0.3, 0.4) is 0 Å². The van der Waals surface area contributed by atoms with Crippen LogP contribution in [0.4, 0.5) is 5.69 Å². The van der Waals surface area contributed by atoms with E-state index in [2.05, 4.69) is 48.5 Å². The number of unbranched alkanes of at least 4 members (excludes halogenated alkanes) is 1. The summed E-state index contributed by atoms with van der Waals surface area (Å²) in [6, 6.07) is 9.48.